The summed E-state index contributed by atoms with van der Waals surface area (Å²) in [7, 11) is 1.55. The number of esters is 1. The molecule has 2 aromatic rings. The molecule has 150 valence electrons. The Bertz CT molecular complexity index is 799. The monoisotopic (exact) mass is 385 g/mol. The van der Waals surface area contributed by atoms with Gasteiger partial charge >= 0.3 is 5.97 Å². The average molecular weight is 385 g/mol. The topological polar surface area (TPSA) is 84.9 Å². The first kappa shape index (κ1) is 21.4. The number of carbonyl (C=O) groups excluding carboxylic acids is 2. The second-order valence-electron chi connectivity index (χ2n) is 7.30. The number of ether oxygens (including phenoxy) is 2. The van der Waals surface area contributed by atoms with E-state index < -0.39 is 5.41 Å². The zero-order valence-electron chi connectivity index (χ0n) is 16.5. The van der Waals surface area contributed by atoms with E-state index in [0.717, 1.165) is 23.1 Å². The van der Waals surface area contributed by atoms with Crippen molar-refractivity contribution >= 4 is 12.4 Å². The molecule has 2 rings (SSSR count). The third-order valence-electron chi connectivity index (χ3n) is 4.44. The van der Waals surface area contributed by atoms with E-state index in [-0.39, 0.29) is 18.3 Å². The van der Waals surface area contributed by atoms with Crippen LogP contribution >= 0.6 is 0 Å². The maximum atomic E-state index is 12.4. The second-order valence-corrected chi connectivity index (χ2v) is 7.30. The number of aromatic hydroxyl groups is 1. The summed E-state index contributed by atoms with van der Waals surface area (Å²) in [6.07, 6.45) is 2.11. The molecule has 0 heterocycles. The Morgan fingerprint density at radius 1 is 1.11 bits per heavy atom. The molecule has 0 saturated carbocycles. The molecule has 0 fully saturated rings. The molecule has 0 saturated heterocycles. The lowest BCUT2D eigenvalue weighted by Crippen LogP contribution is -2.33. The quantitative estimate of drug-likeness (QED) is 0.373. The SMILES string of the molecule is COCC(C)(C)C(=O)Oc1ccc(CNC=O)c(CCc2ccc(O)cc2)c1. The number of phenolic OH excluding ortho intramolecular Hbond substituents is 1. The molecule has 1 amide bonds. The maximum absolute atomic E-state index is 12.4. The molecule has 0 unspecified atom stereocenters. The highest BCUT2D eigenvalue weighted by molar-refractivity contribution is 5.78. The summed E-state index contributed by atoms with van der Waals surface area (Å²) in [5, 5.41) is 12.1. The van der Waals surface area contributed by atoms with Gasteiger partial charge in [0, 0.05) is 13.7 Å². The summed E-state index contributed by atoms with van der Waals surface area (Å²) in [4.78, 5) is 23.1. The van der Waals surface area contributed by atoms with Crippen LogP contribution in [0.4, 0.5) is 0 Å². The van der Waals surface area contributed by atoms with Crippen molar-refractivity contribution in [1.82, 2.24) is 5.32 Å². The number of phenols is 1. The number of rotatable bonds is 10. The summed E-state index contributed by atoms with van der Waals surface area (Å²) in [6, 6.07) is 12.5. The normalized spacial score (nSPS) is 11.1. The minimum atomic E-state index is -0.751. The second kappa shape index (κ2) is 9.90. The van der Waals surface area contributed by atoms with Crippen LogP contribution < -0.4 is 10.1 Å². The maximum Gasteiger partial charge on any atom is 0.319 e. The summed E-state index contributed by atoms with van der Waals surface area (Å²) in [5.41, 5.74) is 2.27. The van der Waals surface area contributed by atoms with Gasteiger partial charge in [0.05, 0.1) is 12.0 Å². The number of hydrogen-bond donors (Lipinski definition) is 2. The van der Waals surface area contributed by atoms with Crippen LogP contribution in [0.5, 0.6) is 11.5 Å². The van der Waals surface area contributed by atoms with Gasteiger partial charge in [-0.25, -0.2) is 0 Å². The van der Waals surface area contributed by atoms with E-state index >= 15 is 0 Å². The van der Waals surface area contributed by atoms with E-state index in [1.165, 1.54) is 0 Å². The van der Waals surface area contributed by atoms with Gasteiger partial charge in [-0.05, 0) is 67.6 Å². The van der Waals surface area contributed by atoms with Gasteiger partial charge in [0.1, 0.15) is 11.5 Å². The molecule has 0 bridgehead atoms. The number of hydrogen-bond acceptors (Lipinski definition) is 5. The van der Waals surface area contributed by atoms with Gasteiger partial charge in [0.25, 0.3) is 0 Å². The summed E-state index contributed by atoms with van der Waals surface area (Å²) >= 11 is 0. The molecule has 0 aliphatic carbocycles. The van der Waals surface area contributed by atoms with Crippen LogP contribution in [0.25, 0.3) is 0 Å². The van der Waals surface area contributed by atoms with Crippen molar-refractivity contribution in [2.45, 2.75) is 33.2 Å². The fourth-order valence-electron chi connectivity index (χ4n) is 2.83. The van der Waals surface area contributed by atoms with Gasteiger partial charge in [0.15, 0.2) is 0 Å². The molecule has 2 aromatic carbocycles. The van der Waals surface area contributed by atoms with Crippen LogP contribution in [0.15, 0.2) is 42.5 Å². The molecule has 28 heavy (non-hydrogen) atoms. The van der Waals surface area contributed by atoms with Crippen molar-refractivity contribution in [1.29, 1.82) is 0 Å². The fraction of sp³-hybridized carbons (Fsp3) is 0.364. The minimum absolute atomic E-state index is 0.229. The zero-order valence-corrected chi connectivity index (χ0v) is 16.5. The fourth-order valence-corrected chi connectivity index (χ4v) is 2.83. The highest BCUT2D eigenvalue weighted by Crippen LogP contribution is 2.24. The Hall–Kier alpha value is -2.86. The first-order chi connectivity index (χ1) is 13.4. The largest absolute Gasteiger partial charge is 0.508 e. The van der Waals surface area contributed by atoms with Crippen molar-refractivity contribution in [2.75, 3.05) is 13.7 Å². The first-order valence-corrected chi connectivity index (χ1v) is 9.13. The molecule has 6 heteroatoms. The number of methoxy groups -OCH3 is 1. The molecule has 2 N–H and O–H groups in total. The van der Waals surface area contributed by atoms with E-state index in [2.05, 4.69) is 5.32 Å². The molecule has 6 nitrogen and oxygen atoms in total. The Morgan fingerprint density at radius 2 is 1.82 bits per heavy atom. The number of benzene rings is 2. The van der Waals surface area contributed by atoms with Gasteiger partial charge in [-0.2, -0.15) is 0 Å². The molecule has 0 aliphatic rings. The number of aryl methyl sites for hydroxylation is 2. The van der Waals surface area contributed by atoms with Crippen molar-refractivity contribution in [2.24, 2.45) is 5.41 Å². The highest BCUT2D eigenvalue weighted by Gasteiger charge is 2.30. The van der Waals surface area contributed by atoms with E-state index in [1.54, 1.807) is 39.2 Å². The highest BCUT2D eigenvalue weighted by atomic mass is 16.5. The molecule has 0 spiro atoms. The standard InChI is InChI=1S/C22H27NO5/c1-22(2,14-27-3)21(26)28-20-11-8-18(13-23-15-24)17(12-20)7-4-16-5-9-19(25)10-6-16/h5-6,8-12,15,25H,4,7,13-14H2,1-3H3,(H,23,24). The van der Waals surface area contributed by atoms with Crippen LogP contribution in [-0.2, 0) is 33.7 Å². The zero-order chi connectivity index (χ0) is 20.6. The van der Waals surface area contributed by atoms with Crippen LogP contribution in [0, 0.1) is 5.41 Å². The van der Waals surface area contributed by atoms with Crippen molar-refractivity contribution in [3.63, 3.8) is 0 Å². The third kappa shape index (κ3) is 6.09. The number of amides is 1. The predicted molar refractivity (Wildman–Crippen MR) is 106 cm³/mol. The Morgan fingerprint density at radius 3 is 2.46 bits per heavy atom. The average Bonchev–Trinajstić information content (AvgIpc) is 2.66. The molecular formula is C22H27NO5. The van der Waals surface area contributed by atoms with Gasteiger partial charge in [0.2, 0.25) is 6.41 Å². The number of carbonyl (C=O) groups is 2. The molecule has 0 atom stereocenters. The summed E-state index contributed by atoms with van der Waals surface area (Å²) in [5.74, 6) is 0.328. The van der Waals surface area contributed by atoms with Crippen LogP contribution in [0.3, 0.4) is 0 Å². The van der Waals surface area contributed by atoms with Crippen LogP contribution in [0.2, 0.25) is 0 Å². The van der Waals surface area contributed by atoms with E-state index in [1.807, 2.05) is 24.3 Å². The predicted octanol–water partition coefficient (Wildman–Crippen LogP) is 3.00. The molecule has 0 radical (unpaired) electrons. The van der Waals surface area contributed by atoms with E-state index in [0.29, 0.717) is 25.1 Å². The van der Waals surface area contributed by atoms with E-state index in [4.69, 9.17) is 9.47 Å². The summed E-state index contributed by atoms with van der Waals surface area (Å²) in [6.45, 7) is 4.21. The van der Waals surface area contributed by atoms with Gasteiger partial charge < -0.3 is 19.9 Å². The van der Waals surface area contributed by atoms with Crippen LogP contribution in [0.1, 0.15) is 30.5 Å². The Kier molecular flexibility index (Phi) is 7.58. The first-order valence-electron chi connectivity index (χ1n) is 9.13. The van der Waals surface area contributed by atoms with Crippen molar-refractivity contribution in [3.05, 3.63) is 59.2 Å². The summed E-state index contributed by atoms with van der Waals surface area (Å²) < 4.78 is 10.6. The van der Waals surface area contributed by atoms with Gasteiger partial charge in [-0.15, -0.1) is 0 Å². The Balaban J connectivity index is 2.17. The smallest absolute Gasteiger partial charge is 0.319 e. The van der Waals surface area contributed by atoms with Crippen molar-refractivity contribution in [3.8, 4) is 11.5 Å². The molecular weight excluding hydrogens is 358 g/mol. The van der Waals surface area contributed by atoms with Gasteiger partial charge in [-0.1, -0.05) is 18.2 Å². The lowest BCUT2D eigenvalue weighted by molar-refractivity contribution is -0.146. The van der Waals surface area contributed by atoms with Crippen LogP contribution in [-0.4, -0.2) is 31.2 Å². The number of nitrogens with one attached hydrogen (secondary N) is 1. The van der Waals surface area contributed by atoms with E-state index in [9.17, 15) is 14.7 Å². The minimum Gasteiger partial charge on any atom is -0.508 e. The molecule has 0 aliphatic heterocycles. The van der Waals surface area contributed by atoms with Crippen molar-refractivity contribution < 1.29 is 24.2 Å². The lowest BCUT2D eigenvalue weighted by Gasteiger charge is -2.21. The van der Waals surface area contributed by atoms with Gasteiger partial charge in [-0.3, -0.25) is 9.59 Å². The lowest BCUT2D eigenvalue weighted by atomic mass is 9.95. The Labute approximate surface area is 165 Å². The molecule has 0 aromatic heterocycles. The third-order valence-corrected chi connectivity index (χ3v) is 4.44.